The second-order valence-corrected chi connectivity index (χ2v) is 7.23. The van der Waals surface area contributed by atoms with Gasteiger partial charge in [-0.05, 0) is 24.6 Å². The predicted molar refractivity (Wildman–Crippen MR) is 114 cm³/mol. The summed E-state index contributed by atoms with van der Waals surface area (Å²) in [6.07, 6.45) is 0.673. The zero-order valence-corrected chi connectivity index (χ0v) is 17.4. The van der Waals surface area contributed by atoms with E-state index in [2.05, 4.69) is 21.0 Å². The van der Waals surface area contributed by atoms with Crippen molar-refractivity contribution in [3.63, 3.8) is 0 Å². The molecule has 9 heteroatoms. The van der Waals surface area contributed by atoms with Crippen LogP contribution in [-0.4, -0.2) is 38.9 Å². The Morgan fingerprint density at radius 1 is 0.967 bits per heavy atom. The van der Waals surface area contributed by atoms with Crippen molar-refractivity contribution in [3.8, 4) is 5.75 Å². The highest BCUT2D eigenvalue weighted by Crippen LogP contribution is 2.18. The van der Waals surface area contributed by atoms with E-state index in [1.165, 1.54) is 11.8 Å². The van der Waals surface area contributed by atoms with Gasteiger partial charge in [0.1, 0.15) is 11.6 Å². The number of nitrogens with one attached hydrogen (secondary N) is 2. The molecule has 0 spiro atoms. The molecule has 2 aromatic carbocycles. The molecular weight excluding hydrogens is 402 g/mol. The highest BCUT2D eigenvalue weighted by atomic mass is 32.2. The molecule has 1 heterocycles. The number of nitrogens with zero attached hydrogens (tertiary/aromatic N) is 3. The molecular formula is C21H23N5O3S. The molecule has 0 bridgehead atoms. The highest BCUT2D eigenvalue weighted by molar-refractivity contribution is 7.99. The maximum Gasteiger partial charge on any atom is 0.276 e. The second kappa shape index (κ2) is 11.0. The molecule has 0 unspecified atom stereocenters. The number of rotatable bonds is 9. The lowest BCUT2D eigenvalue weighted by atomic mass is 10.1. The van der Waals surface area contributed by atoms with Crippen LogP contribution in [0.15, 0.2) is 65.8 Å². The van der Waals surface area contributed by atoms with Crippen LogP contribution < -0.4 is 15.6 Å². The van der Waals surface area contributed by atoms with E-state index in [1.807, 2.05) is 60.0 Å². The van der Waals surface area contributed by atoms with Crippen LogP contribution in [-0.2, 0) is 22.6 Å². The summed E-state index contributed by atoms with van der Waals surface area (Å²) in [5.41, 5.74) is 5.86. The molecule has 0 aliphatic heterocycles. The van der Waals surface area contributed by atoms with Gasteiger partial charge in [-0.3, -0.25) is 20.4 Å². The minimum Gasteiger partial charge on any atom is -0.484 e. The molecule has 1 aromatic heterocycles. The number of thioether (sulfide) groups is 1. The average Bonchev–Trinajstić information content (AvgIpc) is 3.17. The summed E-state index contributed by atoms with van der Waals surface area (Å²) in [6, 6.07) is 19.0. The van der Waals surface area contributed by atoms with Gasteiger partial charge >= 0.3 is 0 Å². The highest BCUT2D eigenvalue weighted by Gasteiger charge is 2.14. The fraction of sp³-hybridized carbons (Fsp3) is 0.238. The Bertz CT molecular complexity index is 963. The summed E-state index contributed by atoms with van der Waals surface area (Å²) in [4.78, 5) is 23.8. The SMILES string of the molecule is CCn1c(Cc2ccccc2)nnc1SCC(=O)NNC(=O)COc1ccccc1. The molecule has 3 rings (SSSR count). The van der Waals surface area contributed by atoms with Gasteiger partial charge in [0.25, 0.3) is 5.91 Å². The van der Waals surface area contributed by atoms with Gasteiger partial charge in [0.15, 0.2) is 11.8 Å². The van der Waals surface area contributed by atoms with Gasteiger partial charge in [-0.1, -0.05) is 60.3 Å². The van der Waals surface area contributed by atoms with Crippen molar-refractivity contribution in [2.75, 3.05) is 12.4 Å². The topological polar surface area (TPSA) is 98.1 Å². The molecule has 0 radical (unpaired) electrons. The smallest absolute Gasteiger partial charge is 0.276 e. The lowest BCUT2D eigenvalue weighted by Crippen LogP contribution is -2.44. The molecule has 0 aliphatic rings. The number of amides is 2. The second-order valence-electron chi connectivity index (χ2n) is 6.29. The van der Waals surface area contributed by atoms with Crippen LogP contribution in [0.25, 0.3) is 0 Å². The zero-order chi connectivity index (χ0) is 21.2. The first-order chi connectivity index (χ1) is 14.7. The molecule has 3 aromatic rings. The Hall–Kier alpha value is -3.33. The normalized spacial score (nSPS) is 10.4. The molecule has 2 N–H and O–H groups in total. The molecule has 0 aliphatic carbocycles. The van der Waals surface area contributed by atoms with Crippen LogP contribution >= 0.6 is 11.8 Å². The Balaban J connectivity index is 1.43. The first-order valence-electron chi connectivity index (χ1n) is 9.50. The van der Waals surface area contributed by atoms with E-state index >= 15 is 0 Å². The summed E-state index contributed by atoms with van der Waals surface area (Å²) in [5.74, 6) is 0.739. The van der Waals surface area contributed by atoms with Crippen LogP contribution in [0.4, 0.5) is 0 Å². The molecule has 8 nitrogen and oxygen atoms in total. The van der Waals surface area contributed by atoms with E-state index in [1.54, 1.807) is 12.1 Å². The van der Waals surface area contributed by atoms with Crippen LogP contribution in [0.1, 0.15) is 18.3 Å². The molecule has 156 valence electrons. The van der Waals surface area contributed by atoms with Crippen molar-refractivity contribution in [2.45, 2.75) is 25.0 Å². The van der Waals surface area contributed by atoms with E-state index in [0.29, 0.717) is 23.9 Å². The van der Waals surface area contributed by atoms with Crippen molar-refractivity contribution >= 4 is 23.6 Å². The summed E-state index contributed by atoms with van der Waals surface area (Å²) < 4.78 is 7.30. The molecule has 0 fully saturated rings. The van der Waals surface area contributed by atoms with Gasteiger partial charge in [-0.25, -0.2) is 0 Å². The Labute approximate surface area is 179 Å². The number of hydrazine groups is 1. The first kappa shape index (κ1) is 21.4. The van der Waals surface area contributed by atoms with E-state index in [4.69, 9.17) is 4.74 Å². The van der Waals surface area contributed by atoms with E-state index in [-0.39, 0.29) is 18.3 Å². The standard InChI is InChI=1S/C21H23N5O3S/c1-2-26-18(13-16-9-5-3-6-10-16)22-25-21(26)30-15-20(28)24-23-19(27)14-29-17-11-7-4-8-12-17/h3-12H,2,13-15H2,1H3,(H,23,27)(H,24,28). The lowest BCUT2D eigenvalue weighted by molar-refractivity contribution is -0.128. The molecule has 30 heavy (non-hydrogen) atoms. The Kier molecular flexibility index (Phi) is 7.85. The third kappa shape index (κ3) is 6.35. The number of carbonyl (C=O) groups is 2. The van der Waals surface area contributed by atoms with Crippen molar-refractivity contribution in [3.05, 3.63) is 72.1 Å². The van der Waals surface area contributed by atoms with E-state index in [9.17, 15) is 9.59 Å². The van der Waals surface area contributed by atoms with Crippen LogP contribution in [0, 0.1) is 0 Å². The third-order valence-corrected chi connectivity index (χ3v) is 5.07. The number of ether oxygens (including phenoxy) is 1. The number of aromatic nitrogens is 3. The van der Waals surface area contributed by atoms with Crippen LogP contribution in [0.5, 0.6) is 5.75 Å². The summed E-state index contributed by atoms with van der Waals surface area (Å²) >= 11 is 1.27. The largest absolute Gasteiger partial charge is 0.484 e. The molecule has 0 saturated heterocycles. The van der Waals surface area contributed by atoms with Crippen molar-refractivity contribution in [1.82, 2.24) is 25.6 Å². The molecule has 0 saturated carbocycles. The van der Waals surface area contributed by atoms with Gasteiger partial charge < -0.3 is 9.30 Å². The number of benzene rings is 2. The minimum absolute atomic E-state index is 0.100. The quantitative estimate of drug-likeness (QED) is 0.403. The lowest BCUT2D eigenvalue weighted by Gasteiger charge is -2.09. The predicted octanol–water partition coefficient (Wildman–Crippen LogP) is 2.21. The molecule has 0 atom stereocenters. The fourth-order valence-electron chi connectivity index (χ4n) is 2.66. The number of hydrogen-bond acceptors (Lipinski definition) is 6. The van der Waals surface area contributed by atoms with Gasteiger partial charge in [0.05, 0.1) is 5.75 Å². The van der Waals surface area contributed by atoms with Gasteiger partial charge in [-0.15, -0.1) is 10.2 Å². The van der Waals surface area contributed by atoms with Crippen molar-refractivity contribution < 1.29 is 14.3 Å². The Morgan fingerprint density at radius 3 is 2.33 bits per heavy atom. The first-order valence-corrected chi connectivity index (χ1v) is 10.5. The van der Waals surface area contributed by atoms with Crippen LogP contribution in [0.3, 0.4) is 0 Å². The monoisotopic (exact) mass is 425 g/mol. The fourth-order valence-corrected chi connectivity index (χ4v) is 3.48. The van der Waals surface area contributed by atoms with Crippen molar-refractivity contribution in [2.24, 2.45) is 0 Å². The van der Waals surface area contributed by atoms with E-state index in [0.717, 1.165) is 11.4 Å². The third-order valence-electron chi connectivity index (χ3n) is 4.10. The number of carbonyl (C=O) groups excluding carboxylic acids is 2. The van der Waals surface area contributed by atoms with Gasteiger partial charge in [0, 0.05) is 13.0 Å². The van der Waals surface area contributed by atoms with E-state index < -0.39 is 5.91 Å². The summed E-state index contributed by atoms with van der Waals surface area (Å²) in [5, 5.41) is 9.13. The number of hydrogen-bond donors (Lipinski definition) is 2. The summed E-state index contributed by atoms with van der Waals surface area (Å²) in [6.45, 7) is 2.52. The van der Waals surface area contributed by atoms with Crippen LogP contribution in [0.2, 0.25) is 0 Å². The number of para-hydroxylation sites is 1. The summed E-state index contributed by atoms with van der Waals surface area (Å²) in [7, 11) is 0. The zero-order valence-electron chi connectivity index (χ0n) is 16.6. The maximum absolute atomic E-state index is 12.0. The minimum atomic E-state index is -0.445. The molecule has 2 amide bonds. The van der Waals surface area contributed by atoms with Crippen molar-refractivity contribution in [1.29, 1.82) is 0 Å². The Morgan fingerprint density at radius 2 is 1.63 bits per heavy atom. The maximum atomic E-state index is 12.0. The van der Waals surface area contributed by atoms with Gasteiger partial charge in [0.2, 0.25) is 5.91 Å². The average molecular weight is 426 g/mol. The van der Waals surface area contributed by atoms with Gasteiger partial charge in [-0.2, -0.15) is 0 Å².